The van der Waals surface area contributed by atoms with Crippen molar-refractivity contribution in [3.63, 3.8) is 0 Å². The van der Waals surface area contributed by atoms with E-state index >= 15 is 0 Å². The molecule has 0 fully saturated rings. The Morgan fingerprint density at radius 1 is 1.47 bits per heavy atom. The Morgan fingerprint density at radius 3 is 3.06 bits per heavy atom. The van der Waals surface area contributed by atoms with Crippen LogP contribution >= 0.6 is 0 Å². The SMILES string of the molecule is Cc1nc(NCCC2=CCCCC2)cc(=O)[nH]1. The summed E-state index contributed by atoms with van der Waals surface area (Å²) in [5, 5.41) is 3.20. The molecule has 1 aliphatic rings. The van der Waals surface area contributed by atoms with E-state index in [1.807, 2.05) is 0 Å². The van der Waals surface area contributed by atoms with Crippen molar-refractivity contribution in [2.75, 3.05) is 11.9 Å². The normalized spacial score (nSPS) is 15.5. The Morgan fingerprint density at radius 2 is 2.35 bits per heavy atom. The van der Waals surface area contributed by atoms with Gasteiger partial charge in [-0.25, -0.2) is 4.98 Å². The van der Waals surface area contributed by atoms with E-state index in [1.165, 1.54) is 37.3 Å². The largest absolute Gasteiger partial charge is 0.370 e. The van der Waals surface area contributed by atoms with Gasteiger partial charge in [-0.1, -0.05) is 11.6 Å². The second-order valence-electron chi connectivity index (χ2n) is 4.50. The number of nitrogens with zero attached hydrogens (tertiary/aromatic N) is 1. The molecule has 0 saturated carbocycles. The molecule has 92 valence electrons. The maximum atomic E-state index is 11.2. The van der Waals surface area contributed by atoms with E-state index in [0.29, 0.717) is 11.6 Å². The van der Waals surface area contributed by atoms with Gasteiger partial charge < -0.3 is 10.3 Å². The third-order valence-electron chi connectivity index (χ3n) is 3.00. The van der Waals surface area contributed by atoms with Gasteiger partial charge in [-0.3, -0.25) is 4.79 Å². The van der Waals surface area contributed by atoms with Gasteiger partial charge in [0.25, 0.3) is 5.56 Å². The lowest BCUT2D eigenvalue weighted by Gasteiger charge is -2.13. The zero-order valence-corrected chi connectivity index (χ0v) is 10.3. The van der Waals surface area contributed by atoms with Gasteiger partial charge in [0, 0.05) is 12.6 Å². The average Bonchev–Trinajstić information content (AvgIpc) is 2.29. The Hall–Kier alpha value is -1.58. The van der Waals surface area contributed by atoms with Gasteiger partial charge >= 0.3 is 0 Å². The first-order valence-electron chi connectivity index (χ1n) is 6.24. The maximum Gasteiger partial charge on any atom is 0.252 e. The van der Waals surface area contributed by atoms with Crippen molar-refractivity contribution >= 4 is 5.82 Å². The highest BCUT2D eigenvalue weighted by Gasteiger charge is 2.03. The van der Waals surface area contributed by atoms with Crippen molar-refractivity contribution in [1.29, 1.82) is 0 Å². The molecule has 1 aromatic heterocycles. The van der Waals surface area contributed by atoms with E-state index in [9.17, 15) is 4.79 Å². The Kier molecular flexibility index (Phi) is 3.96. The van der Waals surface area contributed by atoms with Crippen molar-refractivity contribution in [1.82, 2.24) is 9.97 Å². The van der Waals surface area contributed by atoms with E-state index in [1.54, 1.807) is 6.92 Å². The van der Waals surface area contributed by atoms with E-state index < -0.39 is 0 Å². The summed E-state index contributed by atoms with van der Waals surface area (Å²) >= 11 is 0. The van der Waals surface area contributed by atoms with Gasteiger partial charge in [0.15, 0.2) is 0 Å². The van der Waals surface area contributed by atoms with Crippen LogP contribution in [0.4, 0.5) is 5.82 Å². The molecule has 2 N–H and O–H groups in total. The van der Waals surface area contributed by atoms with Crippen molar-refractivity contribution in [3.05, 3.63) is 33.9 Å². The van der Waals surface area contributed by atoms with Crippen LogP contribution in [0.15, 0.2) is 22.5 Å². The smallest absolute Gasteiger partial charge is 0.252 e. The topological polar surface area (TPSA) is 57.8 Å². The quantitative estimate of drug-likeness (QED) is 0.785. The molecule has 1 aliphatic carbocycles. The first-order chi connectivity index (χ1) is 8.24. The molecule has 17 heavy (non-hydrogen) atoms. The monoisotopic (exact) mass is 233 g/mol. The molecule has 4 heteroatoms. The predicted octanol–water partition coefficient (Wildman–Crippen LogP) is 2.38. The second-order valence-corrected chi connectivity index (χ2v) is 4.50. The molecule has 1 aromatic rings. The molecule has 0 amide bonds. The lowest BCUT2D eigenvalue weighted by molar-refractivity contribution is 0.679. The van der Waals surface area contributed by atoms with Crippen LogP contribution in [-0.4, -0.2) is 16.5 Å². The van der Waals surface area contributed by atoms with Crippen molar-refractivity contribution in [3.8, 4) is 0 Å². The number of nitrogens with one attached hydrogen (secondary N) is 2. The van der Waals surface area contributed by atoms with Crippen LogP contribution in [0.3, 0.4) is 0 Å². The minimum Gasteiger partial charge on any atom is -0.370 e. The number of aromatic nitrogens is 2. The molecule has 0 aliphatic heterocycles. The summed E-state index contributed by atoms with van der Waals surface area (Å²) in [6.07, 6.45) is 8.48. The molecule has 1 heterocycles. The molecule has 0 spiro atoms. The highest BCUT2D eigenvalue weighted by Crippen LogP contribution is 2.19. The number of hydrogen-bond donors (Lipinski definition) is 2. The van der Waals surface area contributed by atoms with Crippen LogP contribution in [0.2, 0.25) is 0 Å². The first kappa shape index (κ1) is 11.9. The molecule has 0 unspecified atom stereocenters. The van der Waals surface area contributed by atoms with Crippen LogP contribution < -0.4 is 10.9 Å². The number of aryl methyl sites for hydroxylation is 1. The second kappa shape index (κ2) is 5.66. The number of aromatic amines is 1. The van der Waals surface area contributed by atoms with Gasteiger partial charge in [0.2, 0.25) is 0 Å². The van der Waals surface area contributed by atoms with Crippen LogP contribution in [0.25, 0.3) is 0 Å². The minimum atomic E-state index is -0.100. The highest BCUT2D eigenvalue weighted by molar-refractivity contribution is 5.33. The van der Waals surface area contributed by atoms with E-state index in [2.05, 4.69) is 21.4 Å². The zero-order valence-electron chi connectivity index (χ0n) is 10.3. The summed E-state index contributed by atoms with van der Waals surface area (Å²) in [7, 11) is 0. The van der Waals surface area contributed by atoms with Gasteiger partial charge in [-0.15, -0.1) is 0 Å². The van der Waals surface area contributed by atoms with Crippen LogP contribution in [0, 0.1) is 6.92 Å². The first-order valence-corrected chi connectivity index (χ1v) is 6.24. The standard InChI is InChI=1S/C13H19N3O/c1-10-15-12(9-13(17)16-10)14-8-7-11-5-3-2-4-6-11/h5,9H,2-4,6-8H2,1H3,(H2,14,15,16,17). The Bertz CT molecular complexity index is 462. The molecule has 0 radical (unpaired) electrons. The minimum absolute atomic E-state index is 0.100. The lowest BCUT2D eigenvalue weighted by Crippen LogP contribution is -2.13. The average molecular weight is 233 g/mol. The van der Waals surface area contributed by atoms with Gasteiger partial charge in [-0.05, 0) is 39.0 Å². The zero-order chi connectivity index (χ0) is 12.1. The van der Waals surface area contributed by atoms with Crippen molar-refractivity contribution in [2.24, 2.45) is 0 Å². The number of H-pyrrole nitrogens is 1. The molecule has 0 bridgehead atoms. The summed E-state index contributed by atoms with van der Waals surface area (Å²) in [5.41, 5.74) is 1.43. The predicted molar refractivity (Wildman–Crippen MR) is 69.3 cm³/mol. The highest BCUT2D eigenvalue weighted by atomic mass is 16.1. The molecular weight excluding hydrogens is 214 g/mol. The lowest BCUT2D eigenvalue weighted by atomic mass is 9.97. The molecular formula is C13H19N3O. The molecule has 0 saturated heterocycles. The molecule has 0 atom stereocenters. The van der Waals surface area contributed by atoms with E-state index in [-0.39, 0.29) is 5.56 Å². The fraction of sp³-hybridized carbons (Fsp3) is 0.538. The van der Waals surface area contributed by atoms with Gasteiger partial charge in [0.1, 0.15) is 11.6 Å². The fourth-order valence-corrected chi connectivity index (χ4v) is 2.15. The number of rotatable bonds is 4. The van der Waals surface area contributed by atoms with E-state index in [0.717, 1.165) is 13.0 Å². The maximum absolute atomic E-state index is 11.2. The number of hydrogen-bond acceptors (Lipinski definition) is 3. The summed E-state index contributed by atoms with van der Waals surface area (Å²) in [6.45, 7) is 2.64. The number of anilines is 1. The molecule has 4 nitrogen and oxygen atoms in total. The molecule has 2 rings (SSSR count). The third kappa shape index (κ3) is 3.73. The number of allylic oxidation sites excluding steroid dienone is 1. The summed E-state index contributed by atoms with van der Waals surface area (Å²) in [4.78, 5) is 18.1. The van der Waals surface area contributed by atoms with Gasteiger partial charge in [0.05, 0.1) is 0 Å². The summed E-state index contributed by atoms with van der Waals surface area (Å²) in [5.74, 6) is 1.32. The van der Waals surface area contributed by atoms with Crippen LogP contribution in [0.5, 0.6) is 0 Å². The Balaban J connectivity index is 1.85. The third-order valence-corrected chi connectivity index (χ3v) is 3.00. The van der Waals surface area contributed by atoms with E-state index in [4.69, 9.17) is 0 Å². The fourth-order valence-electron chi connectivity index (χ4n) is 2.15. The summed E-state index contributed by atoms with van der Waals surface area (Å²) < 4.78 is 0. The van der Waals surface area contributed by atoms with Crippen LogP contribution in [-0.2, 0) is 0 Å². The van der Waals surface area contributed by atoms with Crippen molar-refractivity contribution in [2.45, 2.75) is 39.0 Å². The Labute approximate surface area is 101 Å². The van der Waals surface area contributed by atoms with Crippen molar-refractivity contribution < 1.29 is 0 Å². The molecule has 0 aromatic carbocycles. The van der Waals surface area contributed by atoms with Crippen LogP contribution in [0.1, 0.15) is 37.9 Å². The summed E-state index contributed by atoms with van der Waals surface area (Å²) in [6, 6.07) is 1.50. The van der Waals surface area contributed by atoms with Gasteiger partial charge in [-0.2, -0.15) is 0 Å².